The lowest BCUT2D eigenvalue weighted by Crippen LogP contribution is -2.40. The average molecular weight is 444 g/mol. The van der Waals surface area contributed by atoms with Gasteiger partial charge in [0.1, 0.15) is 18.4 Å². The van der Waals surface area contributed by atoms with Crippen LogP contribution in [0.4, 0.5) is 0 Å². The van der Waals surface area contributed by atoms with Crippen LogP contribution >= 0.6 is 0 Å². The van der Waals surface area contributed by atoms with Crippen molar-refractivity contribution in [3.8, 4) is 5.75 Å². The van der Waals surface area contributed by atoms with Gasteiger partial charge in [-0.3, -0.25) is 14.8 Å². The summed E-state index contributed by atoms with van der Waals surface area (Å²) in [7, 11) is 1.32. The zero-order chi connectivity index (χ0) is 23.3. The number of hydrogen-bond acceptors (Lipinski definition) is 7. The molecule has 2 atom stereocenters. The molecule has 0 fully saturated rings. The fourth-order valence-corrected chi connectivity index (χ4v) is 3.10. The molecule has 0 unspecified atom stereocenters. The Morgan fingerprint density at radius 1 is 1.09 bits per heavy atom. The number of rotatable bonds is 13. The molecule has 2 aromatic rings. The topological polar surface area (TPSA) is 114 Å². The second kappa shape index (κ2) is 13.5. The van der Waals surface area contributed by atoms with E-state index in [0.717, 1.165) is 16.9 Å². The Bertz CT molecular complexity index is 829. The summed E-state index contributed by atoms with van der Waals surface area (Å²) in [6, 6.07) is 16.7. The van der Waals surface area contributed by atoms with Crippen molar-refractivity contribution in [3.05, 3.63) is 65.7 Å². The molecule has 2 rings (SSSR count). The molecule has 174 valence electrons. The minimum Gasteiger partial charge on any atom is -0.489 e. The highest BCUT2D eigenvalue weighted by atomic mass is 16.5. The number of ether oxygens (including phenoxy) is 2. The third-order valence-electron chi connectivity index (χ3n) is 4.94. The minimum absolute atomic E-state index is 0.0388. The molecule has 0 saturated heterocycles. The molecule has 8 heteroatoms. The Balaban J connectivity index is 1.68. The van der Waals surface area contributed by atoms with Gasteiger partial charge >= 0.3 is 5.97 Å². The third-order valence-corrected chi connectivity index (χ3v) is 4.94. The first-order valence-corrected chi connectivity index (χ1v) is 10.7. The maximum absolute atomic E-state index is 12.1. The SMILES string of the molecule is COC(=O)[C@@H](C)NCCCC(=O)N(O)C[C@@H](N)Cc1ccc(OCc2ccccc2)cc1. The third kappa shape index (κ3) is 9.05. The number of nitrogens with one attached hydrogen (secondary N) is 1. The van der Waals surface area contributed by atoms with E-state index in [0.29, 0.717) is 31.1 Å². The van der Waals surface area contributed by atoms with E-state index >= 15 is 0 Å². The van der Waals surface area contributed by atoms with Crippen molar-refractivity contribution >= 4 is 11.9 Å². The zero-order valence-corrected chi connectivity index (χ0v) is 18.7. The first kappa shape index (κ1) is 25.3. The Morgan fingerprint density at radius 2 is 1.78 bits per heavy atom. The van der Waals surface area contributed by atoms with Crippen molar-refractivity contribution in [2.24, 2.45) is 5.73 Å². The summed E-state index contributed by atoms with van der Waals surface area (Å²) in [6.45, 7) is 2.68. The first-order chi connectivity index (χ1) is 15.4. The van der Waals surface area contributed by atoms with E-state index < -0.39 is 18.0 Å². The molecule has 0 bridgehead atoms. The van der Waals surface area contributed by atoms with Crippen LogP contribution in [0.3, 0.4) is 0 Å². The number of hydrogen-bond donors (Lipinski definition) is 3. The molecular weight excluding hydrogens is 410 g/mol. The second-order valence-electron chi connectivity index (χ2n) is 7.66. The van der Waals surface area contributed by atoms with Crippen LogP contribution in [0.15, 0.2) is 54.6 Å². The molecule has 0 aliphatic heterocycles. The normalized spacial score (nSPS) is 12.6. The van der Waals surface area contributed by atoms with Gasteiger partial charge in [0.25, 0.3) is 0 Å². The van der Waals surface area contributed by atoms with Gasteiger partial charge in [0, 0.05) is 12.5 Å². The van der Waals surface area contributed by atoms with Gasteiger partial charge < -0.3 is 20.5 Å². The van der Waals surface area contributed by atoms with Gasteiger partial charge in [0.15, 0.2) is 0 Å². The van der Waals surface area contributed by atoms with Crippen LogP contribution in [0, 0.1) is 0 Å². The summed E-state index contributed by atoms with van der Waals surface area (Å²) in [5.74, 6) is -0.000213. The monoisotopic (exact) mass is 443 g/mol. The molecule has 1 amide bonds. The maximum atomic E-state index is 12.1. The van der Waals surface area contributed by atoms with Crippen molar-refractivity contribution in [1.82, 2.24) is 10.4 Å². The molecule has 32 heavy (non-hydrogen) atoms. The fraction of sp³-hybridized carbons (Fsp3) is 0.417. The highest BCUT2D eigenvalue weighted by Crippen LogP contribution is 2.15. The molecule has 0 saturated carbocycles. The molecule has 0 heterocycles. The van der Waals surface area contributed by atoms with Gasteiger partial charge in [-0.25, -0.2) is 5.06 Å². The lowest BCUT2D eigenvalue weighted by atomic mass is 10.1. The van der Waals surface area contributed by atoms with Crippen molar-refractivity contribution in [2.75, 3.05) is 20.2 Å². The van der Waals surface area contributed by atoms with Crippen molar-refractivity contribution in [1.29, 1.82) is 0 Å². The number of methoxy groups -OCH3 is 1. The summed E-state index contributed by atoms with van der Waals surface area (Å²) in [5, 5.41) is 13.6. The van der Waals surface area contributed by atoms with E-state index in [1.165, 1.54) is 7.11 Å². The highest BCUT2D eigenvalue weighted by molar-refractivity contribution is 5.75. The maximum Gasteiger partial charge on any atom is 0.322 e. The van der Waals surface area contributed by atoms with Crippen LogP contribution in [0.2, 0.25) is 0 Å². The molecular formula is C24H33N3O5. The molecule has 4 N–H and O–H groups in total. The van der Waals surface area contributed by atoms with Crippen LogP contribution in [0.5, 0.6) is 5.75 Å². The van der Waals surface area contributed by atoms with Gasteiger partial charge in [0.05, 0.1) is 13.7 Å². The van der Waals surface area contributed by atoms with Gasteiger partial charge in [-0.2, -0.15) is 0 Å². The van der Waals surface area contributed by atoms with E-state index in [-0.39, 0.29) is 18.9 Å². The van der Waals surface area contributed by atoms with Crippen molar-refractivity contribution in [2.45, 2.75) is 44.9 Å². The summed E-state index contributed by atoms with van der Waals surface area (Å²) in [5.41, 5.74) is 8.20. The Labute approximate surface area is 189 Å². The molecule has 0 spiro atoms. The van der Waals surface area contributed by atoms with Gasteiger partial charge in [0.2, 0.25) is 5.91 Å². The van der Waals surface area contributed by atoms with E-state index in [1.54, 1.807) is 6.92 Å². The number of nitrogens with two attached hydrogens (primary N) is 1. The summed E-state index contributed by atoms with van der Waals surface area (Å²) < 4.78 is 10.4. The van der Waals surface area contributed by atoms with Gasteiger partial charge in [-0.1, -0.05) is 42.5 Å². The molecule has 0 radical (unpaired) electrons. The predicted octanol–water partition coefficient (Wildman–Crippen LogP) is 2.28. The lowest BCUT2D eigenvalue weighted by Gasteiger charge is -2.20. The standard InChI is InChI=1S/C24H33N3O5/c1-18(24(29)31-2)26-14-6-9-23(28)27(30)16-21(25)15-19-10-12-22(13-11-19)32-17-20-7-4-3-5-8-20/h3-5,7-8,10-13,18,21,26,30H,6,9,14-17,25H2,1-2H3/t18-,21+/m1/s1. The fourth-order valence-electron chi connectivity index (χ4n) is 3.10. The number of carbonyl (C=O) groups excluding carboxylic acids is 2. The summed E-state index contributed by atoms with van der Waals surface area (Å²) in [6.07, 6.45) is 1.15. The van der Waals surface area contributed by atoms with Crippen LogP contribution in [0.1, 0.15) is 30.9 Å². The number of hydroxylamine groups is 2. The Morgan fingerprint density at radius 3 is 2.44 bits per heavy atom. The largest absolute Gasteiger partial charge is 0.489 e. The zero-order valence-electron chi connectivity index (χ0n) is 18.7. The molecule has 0 aromatic heterocycles. The van der Waals surface area contributed by atoms with Crippen LogP contribution < -0.4 is 15.8 Å². The number of amides is 1. The summed E-state index contributed by atoms with van der Waals surface area (Å²) >= 11 is 0. The first-order valence-electron chi connectivity index (χ1n) is 10.7. The van der Waals surface area contributed by atoms with E-state index in [9.17, 15) is 14.8 Å². The average Bonchev–Trinajstić information content (AvgIpc) is 2.81. The molecule has 0 aliphatic carbocycles. The van der Waals surface area contributed by atoms with Gasteiger partial charge in [-0.15, -0.1) is 0 Å². The van der Waals surface area contributed by atoms with Gasteiger partial charge in [-0.05, 0) is 49.6 Å². The lowest BCUT2D eigenvalue weighted by molar-refractivity contribution is -0.166. The Kier molecular flexibility index (Phi) is 10.7. The van der Waals surface area contributed by atoms with Crippen LogP contribution in [-0.2, 0) is 27.4 Å². The predicted molar refractivity (Wildman–Crippen MR) is 121 cm³/mol. The summed E-state index contributed by atoms with van der Waals surface area (Å²) in [4.78, 5) is 23.4. The van der Waals surface area contributed by atoms with Crippen LogP contribution in [-0.4, -0.2) is 54.4 Å². The van der Waals surface area contributed by atoms with Crippen molar-refractivity contribution < 1.29 is 24.3 Å². The number of carbonyl (C=O) groups is 2. The number of benzene rings is 2. The number of esters is 1. The highest BCUT2D eigenvalue weighted by Gasteiger charge is 2.16. The van der Waals surface area contributed by atoms with E-state index in [2.05, 4.69) is 10.1 Å². The quantitative estimate of drug-likeness (QED) is 0.188. The minimum atomic E-state index is -0.441. The van der Waals surface area contributed by atoms with Crippen molar-refractivity contribution in [3.63, 3.8) is 0 Å². The smallest absolute Gasteiger partial charge is 0.322 e. The molecule has 8 nitrogen and oxygen atoms in total. The second-order valence-corrected chi connectivity index (χ2v) is 7.66. The molecule has 0 aliphatic rings. The van der Waals surface area contributed by atoms with E-state index in [1.807, 2.05) is 54.6 Å². The van der Waals surface area contributed by atoms with E-state index in [4.69, 9.17) is 10.5 Å². The number of nitrogens with zero attached hydrogens (tertiary/aromatic N) is 1. The molecule has 2 aromatic carbocycles. The Hall–Kier alpha value is -2.94. The van der Waals surface area contributed by atoms with Crippen LogP contribution in [0.25, 0.3) is 0 Å².